The number of likely N-dealkylation sites (tertiary alicyclic amines) is 1. The lowest BCUT2D eigenvalue weighted by atomic mass is 10.0. The van der Waals surface area contributed by atoms with Crippen molar-refractivity contribution in [2.75, 3.05) is 19.6 Å². The average molecular weight is 545 g/mol. The number of hydrogen-bond acceptors (Lipinski definition) is 4. The van der Waals surface area contributed by atoms with E-state index in [9.17, 15) is 0 Å². The fourth-order valence-electron chi connectivity index (χ4n) is 5.53. The van der Waals surface area contributed by atoms with Crippen LogP contribution in [0.25, 0.3) is 50.0 Å². The molecule has 5 aromatic rings. The van der Waals surface area contributed by atoms with Gasteiger partial charge in [-0.3, -0.25) is 10.1 Å². The minimum atomic E-state index is 0.802. The first-order chi connectivity index (χ1) is 20.2. The lowest BCUT2D eigenvalue weighted by Crippen LogP contribution is -2.20. The van der Waals surface area contributed by atoms with Crippen LogP contribution in [-0.4, -0.2) is 49.7 Å². The maximum absolute atomic E-state index is 5.08. The Morgan fingerprint density at radius 2 is 1.83 bits per heavy atom. The SMILES string of the molecule is C=C/C(=C\C(=C/C)c1ccc2[nH]nc(-c3cc4c(-c5ccccc5)cncc4[nH]3)c2n1)CCCN1CCCC1.CC. The first kappa shape index (κ1) is 28.2. The van der Waals surface area contributed by atoms with Gasteiger partial charge in [0.2, 0.25) is 0 Å². The average Bonchev–Trinajstić information content (AvgIpc) is 3.79. The molecule has 0 aliphatic carbocycles. The quantitative estimate of drug-likeness (QED) is 0.182. The zero-order valence-corrected chi connectivity index (χ0v) is 24.5. The number of nitrogens with zero attached hydrogens (tertiary/aromatic N) is 4. The first-order valence-corrected chi connectivity index (χ1v) is 14.8. The second kappa shape index (κ2) is 13.4. The van der Waals surface area contributed by atoms with Gasteiger partial charge in [0.05, 0.1) is 28.6 Å². The molecule has 4 aromatic heterocycles. The van der Waals surface area contributed by atoms with Gasteiger partial charge in [-0.05, 0) is 93.2 Å². The molecule has 1 saturated heterocycles. The molecule has 0 bridgehead atoms. The third-order valence-electron chi connectivity index (χ3n) is 7.64. The van der Waals surface area contributed by atoms with E-state index in [-0.39, 0.29) is 0 Å². The van der Waals surface area contributed by atoms with E-state index in [2.05, 4.69) is 81.1 Å². The highest BCUT2D eigenvalue weighted by atomic mass is 15.1. The van der Waals surface area contributed by atoms with E-state index in [1.54, 1.807) is 0 Å². The van der Waals surface area contributed by atoms with Gasteiger partial charge in [-0.15, -0.1) is 0 Å². The molecule has 41 heavy (non-hydrogen) atoms. The minimum Gasteiger partial charge on any atom is -0.352 e. The van der Waals surface area contributed by atoms with Crippen molar-refractivity contribution in [3.8, 4) is 22.5 Å². The van der Waals surface area contributed by atoms with Crippen LogP contribution in [0.2, 0.25) is 0 Å². The molecule has 6 heteroatoms. The van der Waals surface area contributed by atoms with Crippen molar-refractivity contribution >= 4 is 27.5 Å². The number of allylic oxidation sites excluding steroid dienone is 5. The summed E-state index contributed by atoms with van der Waals surface area (Å²) in [5.41, 5.74) is 9.92. The Kier molecular flexibility index (Phi) is 9.22. The number of pyridine rings is 2. The molecular weight excluding hydrogens is 504 g/mol. The second-order valence-electron chi connectivity index (χ2n) is 10.2. The normalized spacial score (nSPS) is 14.4. The molecule has 0 unspecified atom stereocenters. The minimum absolute atomic E-state index is 0.802. The Balaban J connectivity index is 0.00000165. The Morgan fingerprint density at radius 1 is 1.02 bits per heavy atom. The number of hydrogen-bond donors (Lipinski definition) is 2. The van der Waals surface area contributed by atoms with Gasteiger partial charge in [-0.1, -0.05) is 62.9 Å². The van der Waals surface area contributed by atoms with Crippen LogP contribution < -0.4 is 0 Å². The van der Waals surface area contributed by atoms with Crippen LogP contribution in [0.15, 0.2) is 91.3 Å². The number of rotatable bonds is 9. The molecule has 0 amide bonds. The largest absolute Gasteiger partial charge is 0.352 e. The molecule has 0 spiro atoms. The highest BCUT2D eigenvalue weighted by molar-refractivity contribution is 6.00. The van der Waals surface area contributed by atoms with Gasteiger partial charge in [0.15, 0.2) is 0 Å². The number of H-pyrrole nitrogens is 2. The number of fused-ring (bicyclic) bond motifs is 2. The van der Waals surface area contributed by atoms with Gasteiger partial charge in [-0.2, -0.15) is 5.10 Å². The summed E-state index contributed by atoms with van der Waals surface area (Å²) in [4.78, 5) is 15.6. The van der Waals surface area contributed by atoms with Gasteiger partial charge in [0, 0.05) is 17.1 Å². The summed E-state index contributed by atoms with van der Waals surface area (Å²) in [6.07, 6.45) is 14.9. The molecule has 0 radical (unpaired) electrons. The molecular formula is C35H40N6. The van der Waals surface area contributed by atoms with E-state index >= 15 is 0 Å². The van der Waals surface area contributed by atoms with E-state index in [0.717, 1.165) is 75.1 Å². The fraction of sp³-hybridized carbons (Fsp3) is 0.286. The van der Waals surface area contributed by atoms with Crippen molar-refractivity contribution in [1.29, 1.82) is 0 Å². The van der Waals surface area contributed by atoms with Crippen LogP contribution in [0, 0.1) is 0 Å². The van der Waals surface area contributed by atoms with Gasteiger partial charge >= 0.3 is 0 Å². The van der Waals surface area contributed by atoms with Gasteiger partial charge in [0.25, 0.3) is 0 Å². The molecule has 2 N–H and O–H groups in total. The van der Waals surface area contributed by atoms with E-state index in [1.807, 2.05) is 50.5 Å². The maximum atomic E-state index is 5.08. The fourth-order valence-corrected chi connectivity index (χ4v) is 5.53. The molecule has 1 aliphatic heterocycles. The van der Waals surface area contributed by atoms with Crippen LogP contribution in [0.4, 0.5) is 0 Å². The molecule has 6 rings (SSSR count). The van der Waals surface area contributed by atoms with Crippen LogP contribution in [0.5, 0.6) is 0 Å². The monoisotopic (exact) mass is 544 g/mol. The third-order valence-corrected chi connectivity index (χ3v) is 7.64. The maximum Gasteiger partial charge on any atom is 0.135 e. The van der Waals surface area contributed by atoms with Crippen LogP contribution in [-0.2, 0) is 0 Å². The van der Waals surface area contributed by atoms with Gasteiger partial charge < -0.3 is 9.88 Å². The molecule has 5 heterocycles. The Labute approximate surface area is 242 Å². The highest BCUT2D eigenvalue weighted by Gasteiger charge is 2.16. The lowest BCUT2D eigenvalue weighted by Gasteiger charge is -2.14. The molecule has 1 aliphatic rings. The Morgan fingerprint density at radius 3 is 2.59 bits per heavy atom. The summed E-state index contributed by atoms with van der Waals surface area (Å²) in [5, 5.41) is 8.93. The Hall–Kier alpha value is -4.29. The predicted octanol–water partition coefficient (Wildman–Crippen LogP) is 8.59. The van der Waals surface area contributed by atoms with Crippen molar-refractivity contribution < 1.29 is 0 Å². The Bertz CT molecular complexity index is 1670. The van der Waals surface area contributed by atoms with E-state index < -0.39 is 0 Å². The summed E-state index contributed by atoms with van der Waals surface area (Å²) in [7, 11) is 0. The molecule has 6 nitrogen and oxygen atoms in total. The van der Waals surface area contributed by atoms with Crippen molar-refractivity contribution in [2.24, 2.45) is 0 Å². The van der Waals surface area contributed by atoms with Gasteiger partial charge in [-0.25, -0.2) is 4.98 Å². The van der Waals surface area contributed by atoms with Gasteiger partial charge in [0.1, 0.15) is 11.2 Å². The zero-order valence-electron chi connectivity index (χ0n) is 24.5. The highest BCUT2D eigenvalue weighted by Crippen LogP contribution is 2.33. The summed E-state index contributed by atoms with van der Waals surface area (Å²) < 4.78 is 0. The van der Waals surface area contributed by atoms with E-state index in [1.165, 1.54) is 31.5 Å². The summed E-state index contributed by atoms with van der Waals surface area (Å²) >= 11 is 0. The first-order valence-electron chi connectivity index (χ1n) is 14.8. The van der Waals surface area contributed by atoms with Crippen LogP contribution in [0.3, 0.4) is 0 Å². The van der Waals surface area contributed by atoms with Crippen molar-refractivity contribution in [3.63, 3.8) is 0 Å². The molecule has 0 atom stereocenters. The number of aromatic amines is 2. The van der Waals surface area contributed by atoms with Crippen molar-refractivity contribution in [2.45, 2.75) is 46.5 Å². The van der Waals surface area contributed by atoms with Crippen LogP contribution in [0.1, 0.15) is 52.1 Å². The zero-order chi connectivity index (χ0) is 28.6. The molecule has 1 aromatic carbocycles. The van der Waals surface area contributed by atoms with E-state index in [0.29, 0.717) is 0 Å². The topological polar surface area (TPSA) is 73.5 Å². The molecule has 0 saturated carbocycles. The number of benzene rings is 1. The molecule has 1 fully saturated rings. The molecule has 210 valence electrons. The van der Waals surface area contributed by atoms with Crippen molar-refractivity contribution in [3.05, 3.63) is 97.0 Å². The second-order valence-corrected chi connectivity index (χ2v) is 10.2. The number of aromatic nitrogens is 5. The number of nitrogens with one attached hydrogen (secondary N) is 2. The predicted molar refractivity (Wildman–Crippen MR) is 173 cm³/mol. The summed E-state index contributed by atoms with van der Waals surface area (Å²) in [5.74, 6) is 0. The summed E-state index contributed by atoms with van der Waals surface area (Å²) in [6, 6.07) is 16.6. The third kappa shape index (κ3) is 6.23. The smallest absolute Gasteiger partial charge is 0.135 e. The van der Waals surface area contributed by atoms with Crippen LogP contribution >= 0.6 is 0 Å². The summed E-state index contributed by atoms with van der Waals surface area (Å²) in [6.45, 7) is 13.8. The standard InChI is InChI=1S/C33H34N6.C2H6/c1-3-23(11-10-18-39-16-8-9-17-39)19-24(4-2)28-14-15-29-32(36-28)33(38-37-29)30-20-26-27(21-34-22-31(26)35-30)25-12-6-5-7-13-25;1-2/h3-7,12-15,19-22,35H,1,8-11,16-18H2,2H3,(H,37,38);1-2H3/b23-19+,24-4+;. The van der Waals surface area contributed by atoms with Crippen molar-refractivity contribution in [1.82, 2.24) is 30.0 Å². The lowest BCUT2D eigenvalue weighted by molar-refractivity contribution is 0.334. The van der Waals surface area contributed by atoms with E-state index in [4.69, 9.17) is 4.98 Å².